The molecule has 5 rings (SSSR count). The number of ether oxygens (including phenoxy) is 2. The predicted octanol–water partition coefficient (Wildman–Crippen LogP) is 3.60. The highest BCUT2D eigenvalue weighted by Crippen LogP contribution is 2.63. The average Bonchev–Trinajstić information content (AvgIpc) is 2.60. The van der Waals surface area contributed by atoms with E-state index in [4.69, 9.17) is 9.47 Å². The van der Waals surface area contributed by atoms with Gasteiger partial charge in [-0.3, -0.25) is 4.79 Å². The summed E-state index contributed by atoms with van der Waals surface area (Å²) in [6, 6.07) is 7.75. The maximum Gasteiger partial charge on any atom is 0.311 e. The first-order valence-electron chi connectivity index (χ1n) is 9.92. The van der Waals surface area contributed by atoms with Crippen molar-refractivity contribution in [3.8, 4) is 5.75 Å². The van der Waals surface area contributed by atoms with Gasteiger partial charge in [-0.05, 0) is 85.8 Å². The first kappa shape index (κ1) is 17.8. The fourth-order valence-electron chi connectivity index (χ4n) is 6.66. The molecule has 0 spiro atoms. The summed E-state index contributed by atoms with van der Waals surface area (Å²) < 4.78 is 10.5. The normalized spacial score (nSPS) is 34.3. The van der Waals surface area contributed by atoms with Crippen molar-refractivity contribution in [3.63, 3.8) is 0 Å². The SMILES string of the molecule is COC(=O)C(C(O)Cc1cccc(OC)c1)C12CC3CC(CC(C3)C1)C2. The molecule has 4 heteroatoms. The Morgan fingerprint density at radius 3 is 2.31 bits per heavy atom. The molecule has 4 aliphatic rings. The number of hydrogen-bond acceptors (Lipinski definition) is 4. The van der Waals surface area contributed by atoms with Gasteiger partial charge in [0.2, 0.25) is 0 Å². The van der Waals surface area contributed by atoms with Crippen molar-refractivity contribution in [2.75, 3.05) is 14.2 Å². The molecule has 2 unspecified atom stereocenters. The molecule has 0 radical (unpaired) electrons. The van der Waals surface area contributed by atoms with Gasteiger partial charge in [-0.25, -0.2) is 0 Å². The van der Waals surface area contributed by atoms with Crippen LogP contribution in [0.4, 0.5) is 0 Å². The highest BCUT2D eigenvalue weighted by atomic mass is 16.5. The molecule has 26 heavy (non-hydrogen) atoms. The third kappa shape index (κ3) is 3.13. The standard InChI is InChI=1S/C22H30O4/c1-25-18-5-3-4-14(9-18)10-19(23)20(21(24)26-2)22-11-15-6-16(12-22)8-17(7-15)13-22/h3-5,9,15-17,19-20,23H,6-8,10-13H2,1-2H3. The van der Waals surface area contributed by atoms with E-state index in [-0.39, 0.29) is 11.4 Å². The number of aliphatic hydroxyl groups is 1. The Labute approximate surface area is 155 Å². The molecule has 1 N–H and O–H groups in total. The Balaban J connectivity index is 1.59. The molecule has 4 fully saturated rings. The van der Waals surface area contributed by atoms with Gasteiger partial charge in [-0.1, -0.05) is 12.1 Å². The van der Waals surface area contributed by atoms with Gasteiger partial charge in [0, 0.05) is 0 Å². The molecule has 4 bridgehead atoms. The summed E-state index contributed by atoms with van der Waals surface area (Å²) in [7, 11) is 3.09. The van der Waals surface area contributed by atoms with Crippen molar-refractivity contribution < 1.29 is 19.4 Å². The maximum atomic E-state index is 12.8. The molecule has 0 amide bonds. The molecule has 0 saturated heterocycles. The van der Waals surface area contributed by atoms with Crippen molar-refractivity contribution in [1.29, 1.82) is 0 Å². The van der Waals surface area contributed by atoms with Gasteiger partial charge < -0.3 is 14.6 Å². The van der Waals surface area contributed by atoms with Crippen LogP contribution in [0.2, 0.25) is 0 Å². The molecular formula is C22H30O4. The highest BCUT2D eigenvalue weighted by molar-refractivity contribution is 5.74. The van der Waals surface area contributed by atoms with E-state index < -0.39 is 12.0 Å². The molecule has 0 aromatic heterocycles. The van der Waals surface area contributed by atoms with Crippen LogP contribution in [0.15, 0.2) is 24.3 Å². The summed E-state index contributed by atoms with van der Waals surface area (Å²) in [4.78, 5) is 12.8. The molecule has 2 atom stereocenters. The van der Waals surface area contributed by atoms with Gasteiger partial charge >= 0.3 is 5.97 Å². The molecule has 4 aliphatic carbocycles. The van der Waals surface area contributed by atoms with Crippen LogP contribution in [0.25, 0.3) is 0 Å². The first-order valence-corrected chi connectivity index (χ1v) is 9.92. The monoisotopic (exact) mass is 358 g/mol. The summed E-state index contributed by atoms with van der Waals surface area (Å²) in [6.45, 7) is 0. The lowest BCUT2D eigenvalue weighted by Gasteiger charge is -2.59. The second-order valence-corrected chi connectivity index (χ2v) is 8.90. The second-order valence-electron chi connectivity index (χ2n) is 8.90. The van der Waals surface area contributed by atoms with Crippen LogP contribution in [-0.2, 0) is 16.0 Å². The Kier molecular flexibility index (Phi) is 4.72. The summed E-state index contributed by atoms with van der Waals surface area (Å²) in [5.74, 6) is 2.32. The average molecular weight is 358 g/mol. The Morgan fingerprint density at radius 2 is 1.77 bits per heavy atom. The van der Waals surface area contributed by atoms with Crippen LogP contribution in [0.5, 0.6) is 5.75 Å². The Hall–Kier alpha value is -1.55. The minimum Gasteiger partial charge on any atom is -0.497 e. The van der Waals surface area contributed by atoms with Gasteiger partial charge in [-0.2, -0.15) is 0 Å². The van der Waals surface area contributed by atoms with Crippen LogP contribution in [0, 0.1) is 29.1 Å². The number of esters is 1. The Morgan fingerprint density at radius 1 is 1.15 bits per heavy atom. The number of carbonyl (C=O) groups excluding carboxylic acids is 1. The largest absolute Gasteiger partial charge is 0.497 e. The van der Waals surface area contributed by atoms with E-state index in [9.17, 15) is 9.90 Å². The zero-order chi connectivity index (χ0) is 18.3. The molecular weight excluding hydrogens is 328 g/mol. The highest BCUT2D eigenvalue weighted by Gasteiger charge is 2.57. The van der Waals surface area contributed by atoms with Crippen LogP contribution in [-0.4, -0.2) is 31.4 Å². The van der Waals surface area contributed by atoms with E-state index in [0.717, 1.165) is 48.3 Å². The van der Waals surface area contributed by atoms with Crippen LogP contribution >= 0.6 is 0 Å². The van der Waals surface area contributed by atoms with Crippen LogP contribution in [0.3, 0.4) is 0 Å². The fraction of sp³-hybridized carbons (Fsp3) is 0.682. The third-order valence-electron chi connectivity index (χ3n) is 7.16. The molecule has 1 aromatic rings. The lowest BCUT2D eigenvalue weighted by Crippen LogP contribution is -2.55. The summed E-state index contributed by atoms with van der Waals surface area (Å²) in [5.41, 5.74) is 0.926. The van der Waals surface area contributed by atoms with E-state index in [0.29, 0.717) is 6.42 Å². The molecule has 4 nitrogen and oxygen atoms in total. The van der Waals surface area contributed by atoms with Crippen molar-refractivity contribution in [3.05, 3.63) is 29.8 Å². The number of aliphatic hydroxyl groups excluding tert-OH is 1. The third-order valence-corrected chi connectivity index (χ3v) is 7.16. The first-order chi connectivity index (χ1) is 12.5. The van der Waals surface area contributed by atoms with Gasteiger partial charge in [0.1, 0.15) is 5.75 Å². The van der Waals surface area contributed by atoms with Gasteiger partial charge in [0.25, 0.3) is 0 Å². The van der Waals surface area contributed by atoms with E-state index >= 15 is 0 Å². The number of benzene rings is 1. The second kappa shape index (κ2) is 6.88. The maximum absolute atomic E-state index is 12.8. The van der Waals surface area contributed by atoms with E-state index in [1.165, 1.54) is 26.4 Å². The smallest absolute Gasteiger partial charge is 0.311 e. The molecule has 0 heterocycles. The minimum atomic E-state index is -0.717. The fourth-order valence-corrected chi connectivity index (χ4v) is 6.66. The molecule has 0 aliphatic heterocycles. The predicted molar refractivity (Wildman–Crippen MR) is 98.8 cm³/mol. The minimum absolute atomic E-state index is 0.0693. The number of carbonyl (C=O) groups is 1. The van der Waals surface area contributed by atoms with Crippen molar-refractivity contribution >= 4 is 5.97 Å². The summed E-state index contributed by atoms with van der Waals surface area (Å²) in [6.07, 6.45) is 6.93. The summed E-state index contributed by atoms with van der Waals surface area (Å²) >= 11 is 0. The zero-order valence-corrected chi connectivity index (χ0v) is 15.8. The number of methoxy groups -OCH3 is 2. The number of rotatable bonds is 6. The molecule has 4 saturated carbocycles. The van der Waals surface area contributed by atoms with Crippen molar-refractivity contribution in [2.45, 2.75) is 51.0 Å². The zero-order valence-electron chi connectivity index (χ0n) is 15.8. The van der Waals surface area contributed by atoms with Gasteiger partial charge in [0.15, 0.2) is 0 Å². The quantitative estimate of drug-likeness (QED) is 0.790. The van der Waals surface area contributed by atoms with E-state index in [2.05, 4.69) is 0 Å². The van der Waals surface area contributed by atoms with Gasteiger partial charge in [-0.15, -0.1) is 0 Å². The van der Waals surface area contributed by atoms with Crippen molar-refractivity contribution in [1.82, 2.24) is 0 Å². The summed E-state index contributed by atoms with van der Waals surface area (Å²) in [5, 5.41) is 11.1. The van der Waals surface area contributed by atoms with Crippen LogP contribution in [0.1, 0.15) is 44.1 Å². The van der Waals surface area contributed by atoms with Crippen LogP contribution < -0.4 is 4.74 Å². The lowest BCUT2D eigenvalue weighted by molar-refractivity contribution is -0.171. The van der Waals surface area contributed by atoms with E-state index in [1.54, 1.807) is 7.11 Å². The topological polar surface area (TPSA) is 55.8 Å². The Bertz CT molecular complexity index is 633. The molecule has 1 aromatic carbocycles. The molecule has 142 valence electrons. The lowest BCUT2D eigenvalue weighted by atomic mass is 9.46. The van der Waals surface area contributed by atoms with Crippen molar-refractivity contribution in [2.24, 2.45) is 29.1 Å². The van der Waals surface area contributed by atoms with Gasteiger partial charge in [0.05, 0.1) is 26.2 Å². The number of hydrogen-bond donors (Lipinski definition) is 1. The van der Waals surface area contributed by atoms with E-state index in [1.807, 2.05) is 24.3 Å².